The van der Waals surface area contributed by atoms with E-state index in [-0.39, 0.29) is 5.54 Å². The van der Waals surface area contributed by atoms with Gasteiger partial charge in [0.1, 0.15) is 0 Å². The molecule has 0 bridgehead atoms. The zero-order valence-corrected chi connectivity index (χ0v) is 13.4. The zero-order valence-electron chi connectivity index (χ0n) is 13.4. The number of aliphatic imine (C=N–C) groups is 1. The molecule has 2 unspecified atom stereocenters. The van der Waals surface area contributed by atoms with Crippen molar-refractivity contribution in [1.29, 1.82) is 0 Å². The van der Waals surface area contributed by atoms with Crippen LogP contribution in [0.1, 0.15) is 34.1 Å². The molecule has 0 aromatic carbocycles. The zero-order chi connectivity index (χ0) is 14.6. The fourth-order valence-electron chi connectivity index (χ4n) is 2.56. The number of morpholine rings is 1. The third-order valence-corrected chi connectivity index (χ3v) is 4.27. The van der Waals surface area contributed by atoms with Crippen LogP contribution in [-0.2, 0) is 4.74 Å². The SMILES string of the molecule is CCNC(=NCC(C)(C)N1CCOCC1)NC1CC1C. The van der Waals surface area contributed by atoms with Gasteiger partial charge in [-0.25, -0.2) is 0 Å². The highest BCUT2D eigenvalue weighted by Gasteiger charge is 2.33. The lowest BCUT2D eigenvalue weighted by molar-refractivity contribution is -0.00683. The van der Waals surface area contributed by atoms with Gasteiger partial charge in [-0.1, -0.05) is 6.92 Å². The Balaban J connectivity index is 1.88. The first kappa shape index (κ1) is 15.6. The first-order chi connectivity index (χ1) is 9.53. The van der Waals surface area contributed by atoms with E-state index in [0.29, 0.717) is 6.04 Å². The highest BCUT2D eigenvalue weighted by atomic mass is 16.5. The van der Waals surface area contributed by atoms with E-state index in [2.05, 4.69) is 43.2 Å². The Hall–Kier alpha value is -0.810. The fraction of sp³-hybridized carbons (Fsp3) is 0.933. The number of rotatable bonds is 5. The predicted molar refractivity (Wildman–Crippen MR) is 83.2 cm³/mol. The van der Waals surface area contributed by atoms with Crippen LogP contribution in [-0.4, -0.2) is 61.8 Å². The Kier molecular flexibility index (Phi) is 5.27. The standard InChI is InChI=1S/C15H30N4O/c1-5-16-14(18-13-10-12(13)2)17-11-15(3,4)19-6-8-20-9-7-19/h12-13H,5-11H2,1-4H3,(H2,16,17,18). The van der Waals surface area contributed by atoms with Gasteiger partial charge < -0.3 is 15.4 Å². The Morgan fingerprint density at radius 3 is 2.55 bits per heavy atom. The van der Waals surface area contributed by atoms with Crippen molar-refractivity contribution in [2.75, 3.05) is 39.4 Å². The maximum atomic E-state index is 5.43. The quantitative estimate of drug-likeness (QED) is 0.585. The molecule has 0 amide bonds. The van der Waals surface area contributed by atoms with E-state index in [9.17, 15) is 0 Å². The van der Waals surface area contributed by atoms with Crippen molar-refractivity contribution in [2.45, 2.75) is 45.7 Å². The maximum Gasteiger partial charge on any atom is 0.191 e. The van der Waals surface area contributed by atoms with Gasteiger partial charge in [0.05, 0.1) is 19.8 Å². The smallest absolute Gasteiger partial charge is 0.191 e. The van der Waals surface area contributed by atoms with Crippen molar-refractivity contribution in [1.82, 2.24) is 15.5 Å². The molecule has 1 aliphatic carbocycles. The van der Waals surface area contributed by atoms with Crippen LogP contribution in [0.15, 0.2) is 4.99 Å². The minimum atomic E-state index is 0.0846. The minimum absolute atomic E-state index is 0.0846. The van der Waals surface area contributed by atoms with Crippen molar-refractivity contribution >= 4 is 5.96 Å². The molecule has 20 heavy (non-hydrogen) atoms. The predicted octanol–water partition coefficient (Wildman–Crippen LogP) is 1.06. The Labute approximate surface area is 123 Å². The average molecular weight is 282 g/mol. The van der Waals surface area contributed by atoms with Crippen LogP contribution in [0.25, 0.3) is 0 Å². The highest BCUT2D eigenvalue weighted by molar-refractivity contribution is 5.80. The summed E-state index contributed by atoms with van der Waals surface area (Å²) in [6.45, 7) is 14.3. The van der Waals surface area contributed by atoms with Gasteiger partial charge in [0, 0.05) is 31.2 Å². The first-order valence-corrected chi connectivity index (χ1v) is 7.90. The summed E-state index contributed by atoms with van der Waals surface area (Å²) in [5.41, 5.74) is 0.0846. The van der Waals surface area contributed by atoms with Crippen LogP contribution in [0, 0.1) is 5.92 Å². The van der Waals surface area contributed by atoms with Crippen LogP contribution >= 0.6 is 0 Å². The monoisotopic (exact) mass is 282 g/mol. The largest absolute Gasteiger partial charge is 0.379 e. The third kappa shape index (κ3) is 4.35. The molecular formula is C15H30N4O. The molecule has 5 heteroatoms. The van der Waals surface area contributed by atoms with Gasteiger partial charge in [-0.05, 0) is 33.1 Å². The number of guanidine groups is 1. The second kappa shape index (κ2) is 6.76. The molecule has 0 radical (unpaired) electrons. The van der Waals surface area contributed by atoms with Gasteiger partial charge in [0.25, 0.3) is 0 Å². The van der Waals surface area contributed by atoms with Crippen molar-refractivity contribution in [3.8, 4) is 0 Å². The summed E-state index contributed by atoms with van der Waals surface area (Å²) in [6.07, 6.45) is 1.26. The second-order valence-corrected chi connectivity index (χ2v) is 6.57. The highest BCUT2D eigenvalue weighted by Crippen LogP contribution is 2.28. The van der Waals surface area contributed by atoms with E-state index in [1.165, 1.54) is 6.42 Å². The lowest BCUT2D eigenvalue weighted by Gasteiger charge is -2.39. The molecule has 2 aliphatic rings. The summed E-state index contributed by atoms with van der Waals surface area (Å²) in [4.78, 5) is 7.26. The molecule has 1 saturated heterocycles. The van der Waals surface area contributed by atoms with Crippen LogP contribution in [0.4, 0.5) is 0 Å². The van der Waals surface area contributed by atoms with Gasteiger partial charge in [0.15, 0.2) is 5.96 Å². The number of nitrogens with one attached hydrogen (secondary N) is 2. The summed E-state index contributed by atoms with van der Waals surface area (Å²) >= 11 is 0. The molecule has 116 valence electrons. The number of hydrogen-bond acceptors (Lipinski definition) is 3. The Morgan fingerprint density at radius 1 is 1.35 bits per heavy atom. The number of nitrogens with zero attached hydrogens (tertiary/aromatic N) is 2. The molecule has 0 aromatic heterocycles. The molecule has 2 N–H and O–H groups in total. The molecule has 1 aliphatic heterocycles. The maximum absolute atomic E-state index is 5.43. The van der Waals surface area contributed by atoms with E-state index in [4.69, 9.17) is 9.73 Å². The lowest BCUT2D eigenvalue weighted by atomic mass is 10.0. The van der Waals surface area contributed by atoms with Gasteiger partial charge in [-0.2, -0.15) is 0 Å². The van der Waals surface area contributed by atoms with Crippen molar-refractivity contribution in [3.05, 3.63) is 0 Å². The molecule has 0 spiro atoms. The van der Waals surface area contributed by atoms with Gasteiger partial charge in [0.2, 0.25) is 0 Å². The van der Waals surface area contributed by atoms with Crippen LogP contribution < -0.4 is 10.6 Å². The number of hydrogen-bond donors (Lipinski definition) is 2. The fourth-order valence-corrected chi connectivity index (χ4v) is 2.56. The van der Waals surface area contributed by atoms with E-state index in [1.54, 1.807) is 0 Å². The van der Waals surface area contributed by atoms with Gasteiger partial charge in [-0.3, -0.25) is 9.89 Å². The van der Waals surface area contributed by atoms with E-state index in [0.717, 1.165) is 51.3 Å². The summed E-state index contributed by atoms with van der Waals surface area (Å²) in [5.74, 6) is 1.74. The molecule has 2 rings (SSSR count). The molecule has 5 nitrogen and oxygen atoms in total. The van der Waals surface area contributed by atoms with Crippen LogP contribution in [0.3, 0.4) is 0 Å². The average Bonchev–Trinajstić information content (AvgIpc) is 3.13. The number of ether oxygens (including phenoxy) is 1. The van der Waals surface area contributed by atoms with Crippen LogP contribution in [0.2, 0.25) is 0 Å². The second-order valence-electron chi connectivity index (χ2n) is 6.57. The molecular weight excluding hydrogens is 252 g/mol. The van der Waals surface area contributed by atoms with Crippen molar-refractivity contribution in [3.63, 3.8) is 0 Å². The van der Waals surface area contributed by atoms with Gasteiger partial charge in [-0.15, -0.1) is 0 Å². The Bertz CT molecular complexity index is 337. The van der Waals surface area contributed by atoms with E-state index in [1.807, 2.05) is 0 Å². The third-order valence-electron chi connectivity index (χ3n) is 4.27. The molecule has 2 atom stereocenters. The molecule has 1 saturated carbocycles. The van der Waals surface area contributed by atoms with E-state index < -0.39 is 0 Å². The molecule has 0 aromatic rings. The summed E-state index contributed by atoms with van der Waals surface area (Å²) in [5, 5.41) is 6.86. The normalized spacial score (nSPS) is 28.3. The molecule has 1 heterocycles. The van der Waals surface area contributed by atoms with E-state index >= 15 is 0 Å². The van der Waals surface area contributed by atoms with Gasteiger partial charge >= 0.3 is 0 Å². The summed E-state index contributed by atoms with van der Waals surface area (Å²) in [6, 6.07) is 0.610. The topological polar surface area (TPSA) is 48.9 Å². The lowest BCUT2D eigenvalue weighted by Crippen LogP contribution is -2.52. The van der Waals surface area contributed by atoms with Crippen molar-refractivity contribution < 1.29 is 4.74 Å². The minimum Gasteiger partial charge on any atom is -0.379 e. The first-order valence-electron chi connectivity index (χ1n) is 7.90. The summed E-state index contributed by atoms with van der Waals surface area (Å²) in [7, 11) is 0. The van der Waals surface area contributed by atoms with Crippen LogP contribution in [0.5, 0.6) is 0 Å². The summed E-state index contributed by atoms with van der Waals surface area (Å²) < 4.78 is 5.43. The van der Waals surface area contributed by atoms with Crippen molar-refractivity contribution in [2.24, 2.45) is 10.9 Å². The molecule has 2 fully saturated rings. The Morgan fingerprint density at radius 2 is 2.00 bits per heavy atom.